The minimum Gasteiger partial charge on any atom is -0.481 e. The van der Waals surface area contributed by atoms with Crippen LogP contribution in [0.3, 0.4) is 0 Å². The molecule has 0 aromatic carbocycles. The summed E-state index contributed by atoms with van der Waals surface area (Å²) in [6, 6.07) is -6.37. The van der Waals surface area contributed by atoms with Gasteiger partial charge in [0, 0.05) is 19.9 Å². The van der Waals surface area contributed by atoms with E-state index in [1.54, 1.807) is 0 Å². The summed E-state index contributed by atoms with van der Waals surface area (Å²) in [7, 11) is -4.56. The van der Waals surface area contributed by atoms with Gasteiger partial charge < -0.3 is 66.5 Å². The molecule has 5 aliphatic rings. The lowest BCUT2D eigenvalue weighted by Gasteiger charge is -2.58. The highest BCUT2D eigenvalue weighted by Gasteiger charge is 2.59. The van der Waals surface area contributed by atoms with Crippen LogP contribution in [0.4, 0.5) is 0 Å². The zero-order valence-electron chi connectivity index (χ0n) is 43.6. The van der Waals surface area contributed by atoms with E-state index in [1.807, 2.05) is 0 Å². The zero-order valence-corrected chi connectivity index (χ0v) is 44.5. The number of nitrogens with zero attached hydrogens (tertiary/aromatic N) is 1. The molecule has 0 radical (unpaired) electrons. The van der Waals surface area contributed by atoms with Crippen molar-refractivity contribution in [2.24, 2.45) is 52.1 Å². The van der Waals surface area contributed by atoms with Gasteiger partial charge in [-0.15, -0.1) is 0 Å². The molecule has 22 nitrogen and oxygen atoms in total. The summed E-state index contributed by atoms with van der Waals surface area (Å²) in [6.07, 6.45) is 6.24. The molecular formula is C50H84N5O17P. The molecule has 17 atom stereocenters. The van der Waals surface area contributed by atoms with E-state index in [0.717, 1.165) is 37.5 Å². The van der Waals surface area contributed by atoms with Gasteiger partial charge in [-0.05, 0) is 111 Å². The number of carboxylic acid groups (broad SMARTS) is 2. The third-order valence-corrected chi connectivity index (χ3v) is 18.1. The average molecular weight is 1060 g/mol. The fourth-order valence-electron chi connectivity index (χ4n) is 13.2. The topological polar surface area (TPSA) is 343 Å². The number of allylic oxidation sites excluding steroid dienone is 1. The van der Waals surface area contributed by atoms with Gasteiger partial charge in [0.2, 0.25) is 23.6 Å². The Kier molecular flexibility index (Phi) is 21.5. The van der Waals surface area contributed by atoms with Crippen molar-refractivity contribution in [1.29, 1.82) is 0 Å². The Bertz CT molecular complexity index is 2030. The maximum atomic E-state index is 13.7. The molecule has 73 heavy (non-hydrogen) atoms. The molecule has 4 amide bonds. The maximum Gasteiger partial charge on any atom is 0.472 e. The summed E-state index contributed by atoms with van der Waals surface area (Å²) < 4.78 is 35.0. The van der Waals surface area contributed by atoms with Gasteiger partial charge in [-0.25, -0.2) is 9.36 Å². The average Bonchev–Trinajstić information content (AvgIpc) is 3.68. The largest absolute Gasteiger partial charge is 0.481 e. The number of hydrogen-bond donors (Lipinski definition) is 10. The Morgan fingerprint density at radius 2 is 1.64 bits per heavy atom. The molecular weight excluding hydrogens is 974 g/mol. The van der Waals surface area contributed by atoms with Crippen LogP contribution in [0.2, 0.25) is 0 Å². The Labute approximate surface area is 428 Å². The van der Waals surface area contributed by atoms with Crippen molar-refractivity contribution in [1.82, 2.24) is 20.9 Å². The first-order valence-corrected chi connectivity index (χ1v) is 27.7. The number of aliphatic hydroxyl groups excluding tert-OH is 3. The summed E-state index contributed by atoms with van der Waals surface area (Å²) in [6.45, 7) is 10.7. The number of fused-ring (bicyclic) bond motifs is 5. The zero-order chi connectivity index (χ0) is 54.2. The number of carboxylic acids is 2. The number of carbonyl (C=O) groups is 6. The number of hydrogen-bond acceptors (Lipinski definition) is 15. The van der Waals surface area contributed by atoms with Crippen LogP contribution in [0.25, 0.3) is 0 Å². The van der Waals surface area contributed by atoms with Gasteiger partial charge in [-0.1, -0.05) is 65.5 Å². The van der Waals surface area contributed by atoms with Gasteiger partial charge in [0.1, 0.15) is 43.0 Å². The lowest BCUT2D eigenvalue weighted by Crippen LogP contribution is -2.70. The van der Waals surface area contributed by atoms with Gasteiger partial charge >= 0.3 is 19.8 Å². The van der Waals surface area contributed by atoms with Crippen LogP contribution in [0.15, 0.2) is 11.6 Å². The smallest absolute Gasteiger partial charge is 0.472 e. The molecule has 0 bridgehead atoms. The number of phosphoric ester groups is 1. The van der Waals surface area contributed by atoms with Gasteiger partial charge in [-0.3, -0.25) is 33.0 Å². The Hall–Kier alpha value is -3.57. The molecule has 11 N–H and O–H groups in total. The van der Waals surface area contributed by atoms with E-state index in [4.69, 9.17) is 29.4 Å². The number of carbonyl (C=O) groups excluding carboxylic acids is 4. The summed E-state index contributed by atoms with van der Waals surface area (Å²) in [5.74, 6) is -2.55. The second-order valence-corrected chi connectivity index (χ2v) is 23.6. The van der Waals surface area contributed by atoms with Crippen LogP contribution in [-0.2, 0) is 51.9 Å². The Balaban J connectivity index is 1.11. The number of nitrogens with one attached hydrogen (secondary N) is 3. The first kappa shape index (κ1) is 60.3. The number of aliphatic hydroxyl groups is 3. The van der Waals surface area contributed by atoms with E-state index in [2.05, 4.69) is 56.6 Å². The number of nitrogens with two attached hydrogens (primary N) is 1. The van der Waals surface area contributed by atoms with Crippen LogP contribution in [0.1, 0.15) is 132 Å². The predicted molar refractivity (Wildman–Crippen MR) is 264 cm³/mol. The summed E-state index contributed by atoms with van der Waals surface area (Å²) >= 11 is 0. The van der Waals surface area contributed by atoms with E-state index in [-0.39, 0.29) is 12.0 Å². The van der Waals surface area contributed by atoms with E-state index >= 15 is 0 Å². The molecule has 0 spiro atoms. The molecule has 416 valence electrons. The molecule has 0 aromatic heterocycles. The fraction of sp³-hybridized carbons (Fsp3) is 0.840. The third-order valence-electron chi connectivity index (χ3n) is 17.0. The van der Waals surface area contributed by atoms with Gasteiger partial charge in [0.25, 0.3) is 0 Å². The molecule has 23 heteroatoms. The first-order chi connectivity index (χ1) is 34.3. The van der Waals surface area contributed by atoms with Crippen molar-refractivity contribution < 1.29 is 82.3 Å². The van der Waals surface area contributed by atoms with E-state index < -0.39 is 137 Å². The molecule has 4 aliphatic carbocycles. The van der Waals surface area contributed by atoms with Gasteiger partial charge in [0.15, 0.2) is 6.23 Å². The second kappa shape index (κ2) is 26.0. The highest BCUT2D eigenvalue weighted by atomic mass is 31.2. The highest BCUT2D eigenvalue weighted by Crippen LogP contribution is 2.67. The van der Waals surface area contributed by atoms with Crippen LogP contribution in [0.5, 0.6) is 0 Å². The predicted octanol–water partition coefficient (Wildman–Crippen LogP) is 2.59. The number of rotatable bonds is 26. The van der Waals surface area contributed by atoms with Gasteiger partial charge in [0.05, 0.1) is 32.0 Å². The molecule has 3 saturated carbocycles. The molecule has 1 heterocycles. The number of amides is 4. The minimum absolute atomic E-state index is 0.00560. The quantitative estimate of drug-likeness (QED) is 0.0338. The van der Waals surface area contributed by atoms with Gasteiger partial charge in [-0.2, -0.15) is 0 Å². The van der Waals surface area contributed by atoms with Crippen molar-refractivity contribution in [3.63, 3.8) is 0 Å². The third kappa shape index (κ3) is 14.7. The molecule has 4 fully saturated rings. The molecule has 2 unspecified atom stereocenters. The van der Waals surface area contributed by atoms with E-state index in [9.17, 15) is 58.7 Å². The molecule has 0 aromatic rings. The summed E-state index contributed by atoms with van der Waals surface area (Å²) in [5.41, 5.74) is 7.90. The minimum atomic E-state index is -4.56. The molecule has 1 aliphatic heterocycles. The number of phosphoric acid groups is 1. The highest BCUT2D eigenvalue weighted by molar-refractivity contribution is 7.47. The van der Waals surface area contributed by atoms with E-state index in [0.29, 0.717) is 40.9 Å². The monoisotopic (exact) mass is 1060 g/mol. The second-order valence-electron chi connectivity index (χ2n) is 22.2. The van der Waals surface area contributed by atoms with Crippen molar-refractivity contribution in [3.8, 4) is 0 Å². The van der Waals surface area contributed by atoms with Crippen LogP contribution in [0, 0.1) is 46.3 Å². The van der Waals surface area contributed by atoms with Crippen molar-refractivity contribution >= 4 is 43.4 Å². The Morgan fingerprint density at radius 3 is 2.27 bits per heavy atom. The SMILES string of the molecule is CC(=O)N(C1O[C@H](CO)[C@@H](O)[C@H](OCC(=O)O)[C@H]1N)[C@@H](CO)C(=O)N[C@H](CCC(=O)O)C(=O)N[C@@H](C)C(=O)NCCOP(=O)(O)O[C@H]1CC[C@@]2(C)C(=CC[C@H]3[C@@H]4CC[C@H]([C@H](C)CCCC(C)C)[C@@]4(C)CC[C@@H]32)C1. The van der Waals surface area contributed by atoms with Crippen molar-refractivity contribution in [2.45, 2.75) is 187 Å². The fourth-order valence-corrected chi connectivity index (χ4v) is 14.2. The van der Waals surface area contributed by atoms with Crippen molar-refractivity contribution in [2.75, 3.05) is 33.0 Å². The maximum absolute atomic E-state index is 13.7. The Morgan fingerprint density at radius 1 is 0.932 bits per heavy atom. The molecule has 5 rings (SSSR count). The van der Waals surface area contributed by atoms with Crippen LogP contribution < -0.4 is 21.7 Å². The molecule has 1 saturated heterocycles. The normalized spacial score (nSPS) is 33.3. The lowest BCUT2D eigenvalue weighted by molar-refractivity contribution is -0.240. The number of ether oxygens (including phenoxy) is 2. The lowest BCUT2D eigenvalue weighted by atomic mass is 9.47. The number of aliphatic carboxylic acids is 2. The summed E-state index contributed by atoms with van der Waals surface area (Å²) in [4.78, 5) is 87.5. The standard InChI is InChI=1S/C50H84N5O17P/c1-27(2)9-8-10-28(3)34-13-14-35-33-12-11-31-23-32(17-19-49(31,6)36(33)18-20-50(34,35)7)72-73(67,68)70-22-21-52-45(64)29(4)53-46(65)37(15-16-40(59)60)54-47(66)38(24-56)55(30(5)58)48-42(51)44(69-26-41(61)62)43(63)39(25-57)71-48/h11,27-29,32-39,42-44,48,56-57,63H,8-10,12-26,51H2,1-7H3,(H,52,64)(H,53,65)(H,54,66)(H,59,60)(H,61,62)(H,67,68)/t28-,29+,32+,33+,34-,35+,36+,37-,38+,39-,42-,43-,44-,48?,49+,50-/m1/s1. The first-order valence-electron chi connectivity index (χ1n) is 26.2. The van der Waals surface area contributed by atoms with Crippen LogP contribution >= 0.6 is 7.82 Å². The van der Waals surface area contributed by atoms with E-state index in [1.165, 1.54) is 57.4 Å². The van der Waals surface area contributed by atoms with Crippen molar-refractivity contribution in [3.05, 3.63) is 11.6 Å². The van der Waals surface area contributed by atoms with Crippen LogP contribution in [-0.4, -0.2) is 159 Å². The summed E-state index contributed by atoms with van der Waals surface area (Å²) in [5, 5.41) is 56.6.